The van der Waals surface area contributed by atoms with E-state index in [1.165, 1.54) is 19.3 Å². The first-order chi connectivity index (χ1) is 7.40. The Balaban J connectivity index is 1.68. The Morgan fingerprint density at radius 2 is 2.40 bits per heavy atom. The van der Waals surface area contributed by atoms with Gasteiger partial charge < -0.3 is 5.32 Å². The Kier molecular flexibility index (Phi) is 3.72. The Morgan fingerprint density at radius 1 is 1.53 bits per heavy atom. The zero-order valence-corrected chi connectivity index (χ0v) is 9.45. The number of hydrogen-bond donors (Lipinski definition) is 1. The van der Waals surface area contributed by atoms with Gasteiger partial charge in [0.1, 0.15) is 12.2 Å². The third kappa shape index (κ3) is 3.30. The highest BCUT2D eigenvalue weighted by atomic mass is 15.3. The van der Waals surface area contributed by atoms with Crippen molar-refractivity contribution in [2.45, 2.75) is 51.6 Å². The predicted octanol–water partition coefficient (Wildman–Crippen LogP) is 1.37. The molecule has 4 nitrogen and oxygen atoms in total. The van der Waals surface area contributed by atoms with Crippen molar-refractivity contribution < 1.29 is 0 Å². The molecule has 0 unspecified atom stereocenters. The average Bonchev–Trinajstić information content (AvgIpc) is 2.96. The molecule has 84 valence electrons. The molecule has 0 saturated heterocycles. The second-order valence-electron chi connectivity index (χ2n) is 4.23. The van der Waals surface area contributed by atoms with Crippen molar-refractivity contribution in [3.05, 3.63) is 12.2 Å². The first-order valence-corrected chi connectivity index (χ1v) is 6.00. The van der Waals surface area contributed by atoms with Gasteiger partial charge in [0, 0.05) is 19.0 Å². The van der Waals surface area contributed by atoms with Crippen molar-refractivity contribution in [3.8, 4) is 0 Å². The van der Waals surface area contributed by atoms with Crippen LogP contribution in [-0.4, -0.2) is 27.4 Å². The third-order valence-electron chi connectivity index (χ3n) is 2.72. The SMILES string of the molecule is CCCn1ncnc1CCCNC1CC1. The van der Waals surface area contributed by atoms with Crippen LogP contribution in [0.25, 0.3) is 0 Å². The molecule has 1 aliphatic rings. The van der Waals surface area contributed by atoms with Gasteiger partial charge in [0.2, 0.25) is 0 Å². The third-order valence-corrected chi connectivity index (χ3v) is 2.72. The molecule has 0 aliphatic heterocycles. The second-order valence-corrected chi connectivity index (χ2v) is 4.23. The molecule has 2 rings (SSSR count). The minimum absolute atomic E-state index is 0.818. The molecule has 1 aromatic rings. The summed E-state index contributed by atoms with van der Waals surface area (Å²) < 4.78 is 2.02. The standard InChI is InChI=1S/C11H20N4/c1-2-8-15-11(13-9-14-15)4-3-7-12-10-5-6-10/h9-10,12H,2-8H2,1H3. The Bertz CT molecular complexity index is 291. The Labute approximate surface area is 91.1 Å². The maximum absolute atomic E-state index is 4.29. The minimum atomic E-state index is 0.818. The first-order valence-electron chi connectivity index (χ1n) is 6.00. The van der Waals surface area contributed by atoms with E-state index in [-0.39, 0.29) is 0 Å². The molecule has 0 atom stereocenters. The second kappa shape index (κ2) is 5.26. The fourth-order valence-corrected chi connectivity index (χ4v) is 1.72. The van der Waals surface area contributed by atoms with Crippen LogP contribution in [0, 0.1) is 0 Å². The van der Waals surface area contributed by atoms with Crippen LogP contribution in [0.1, 0.15) is 38.4 Å². The van der Waals surface area contributed by atoms with Gasteiger partial charge >= 0.3 is 0 Å². The normalized spacial score (nSPS) is 15.8. The molecule has 0 spiro atoms. The molecule has 15 heavy (non-hydrogen) atoms. The van der Waals surface area contributed by atoms with Gasteiger partial charge in [-0.2, -0.15) is 5.10 Å². The summed E-state index contributed by atoms with van der Waals surface area (Å²) in [7, 11) is 0. The van der Waals surface area contributed by atoms with Gasteiger partial charge in [-0.25, -0.2) is 4.98 Å². The molecule has 0 bridgehead atoms. The van der Waals surface area contributed by atoms with Crippen molar-refractivity contribution in [2.24, 2.45) is 0 Å². The van der Waals surface area contributed by atoms with Crippen LogP contribution in [0.2, 0.25) is 0 Å². The van der Waals surface area contributed by atoms with E-state index < -0.39 is 0 Å². The van der Waals surface area contributed by atoms with Crippen LogP contribution in [0.15, 0.2) is 6.33 Å². The van der Waals surface area contributed by atoms with E-state index in [2.05, 4.69) is 22.3 Å². The first kappa shape index (κ1) is 10.6. The number of nitrogens with zero attached hydrogens (tertiary/aromatic N) is 3. The maximum Gasteiger partial charge on any atom is 0.138 e. The molecule has 1 heterocycles. The fourth-order valence-electron chi connectivity index (χ4n) is 1.72. The molecule has 1 aromatic heterocycles. The van der Waals surface area contributed by atoms with Crippen LogP contribution >= 0.6 is 0 Å². The van der Waals surface area contributed by atoms with E-state index in [1.807, 2.05) is 4.68 Å². The summed E-state index contributed by atoms with van der Waals surface area (Å²) >= 11 is 0. The smallest absolute Gasteiger partial charge is 0.138 e. The summed E-state index contributed by atoms with van der Waals surface area (Å²) in [6.45, 7) is 4.27. The summed E-state index contributed by atoms with van der Waals surface area (Å²) in [5.41, 5.74) is 0. The summed E-state index contributed by atoms with van der Waals surface area (Å²) in [4.78, 5) is 4.29. The highest BCUT2D eigenvalue weighted by molar-refractivity contribution is 4.86. The number of aryl methyl sites for hydroxylation is 2. The lowest BCUT2D eigenvalue weighted by Gasteiger charge is -2.04. The lowest BCUT2D eigenvalue weighted by Crippen LogP contribution is -2.18. The highest BCUT2D eigenvalue weighted by Gasteiger charge is 2.19. The van der Waals surface area contributed by atoms with E-state index in [4.69, 9.17) is 0 Å². The zero-order chi connectivity index (χ0) is 10.5. The van der Waals surface area contributed by atoms with Crippen molar-refractivity contribution in [3.63, 3.8) is 0 Å². The topological polar surface area (TPSA) is 42.7 Å². The van der Waals surface area contributed by atoms with Gasteiger partial charge in [-0.1, -0.05) is 6.92 Å². The van der Waals surface area contributed by atoms with Gasteiger partial charge in [-0.05, 0) is 32.2 Å². The van der Waals surface area contributed by atoms with Crippen LogP contribution in [0.5, 0.6) is 0 Å². The molecule has 1 saturated carbocycles. The van der Waals surface area contributed by atoms with Gasteiger partial charge in [-0.3, -0.25) is 4.68 Å². The summed E-state index contributed by atoms with van der Waals surface area (Å²) in [6, 6.07) is 0.818. The maximum atomic E-state index is 4.29. The molecule has 1 fully saturated rings. The largest absolute Gasteiger partial charge is 0.314 e. The molecule has 0 radical (unpaired) electrons. The van der Waals surface area contributed by atoms with Gasteiger partial charge in [0.15, 0.2) is 0 Å². The summed E-state index contributed by atoms with van der Waals surface area (Å²) in [5, 5.41) is 7.73. The number of rotatable bonds is 7. The summed E-state index contributed by atoms with van der Waals surface area (Å²) in [6.07, 6.45) is 7.73. The lowest BCUT2D eigenvalue weighted by atomic mass is 10.3. The van der Waals surface area contributed by atoms with Crippen molar-refractivity contribution in [1.82, 2.24) is 20.1 Å². The monoisotopic (exact) mass is 208 g/mol. The minimum Gasteiger partial charge on any atom is -0.314 e. The summed E-state index contributed by atoms with van der Waals surface area (Å²) in [5.74, 6) is 1.13. The van der Waals surface area contributed by atoms with Crippen LogP contribution < -0.4 is 5.32 Å². The quantitative estimate of drug-likeness (QED) is 0.688. The van der Waals surface area contributed by atoms with Crippen LogP contribution in [-0.2, 0) is 13.0 Å². The molecular weight excluding hydrogens is 188 g/mol. The fraction of sp³-hybridized carbons (Fsp3) is 0.818. The Morgan fingerprint density at radius 3 is 3.13 bits per heavy atom. The highest BCUT2D eigenvalue weighted by Crippen LogP contribution is 2.18. The van der Waals surface area contributed by atoms with Crippen LogP contribution in [0.3, 0.4) is 0 Å². The zero-order valence-electron chi connectivity index (χ0n) is 9.45. The molecule has 1 aliphatic carbocycles. The van der Waals surface area contributed by atoms with Crippen molar-refractivity contribution in [2.75, 3.05) is 6.54 Å². The number of nitrogens with one attached hydrogen (secondary N) is 1. The lowest BCUT2D eigenvalue weighted by molar-refractivity contribution is 0.551. The molecule has 1 N–H and O–H groups in total. The van der Waals surface area contributed by atoms with E-state index in [9.17, 15) is 0 Å². The number of aromatic nitrogens is 3. The molecule has 0 aromatic carbocycles. The van der Waals surface area contributed by atoms with Crippen LogP contribution in [0.4, 0.5) is 0 Å². The van der Waals surface area contributed by atoms with E-state index in [1.54, 1.807) is 6.33 Å². The predicted molar refractivity (Wildman–Crippen MR) is 59.7 cm³/mol. The van der Waals surface area contributed by atoms with Crippen molar-refractivity contribution in [1.29, 1.82) is 0 Å². The van der Waals surface area contributed by atoms with Gasteiger partial charge in [-0.15, -0.1) is 0 Å². The molecule has 0 amide bonds. The van der Waals surface area contributed by atoms with E-state index in [0.717, 1.165) is 37.8 Å². The van der Waals surface area contributed by atoms with E-state index >= 15 is 0 Å². The average molecular weight is 208 g/mol. The molecular formula is C11H20N4. The van der Waals surface area contributed by atoms with Crippen molar-refractivity contribution >= 4 is 0 Å². The number of hydrogen-bond acceptors (Lipinski definition) is 3. The van der Waals surface area contributed by atoms with Gasteiger partial charge in [0.25, 0.3) is 0 Å². The Hall–Kier alpha value is -0.900. The molecule has 4 heteroatoms. The van der Waals surface area contributed by atoms with Gasteiger partial charge in [0.05, 0.1) is 0 Å². The van der Waals surface area contributed by atoms with E-state index in [0.29, 0.717) is 0 Å².